The molecule has 54 valence electrons. The Labute approximate surface area is 68.0 Å². The van der Waals surface area contributed by atoms with Gasteiger partial charge in [0.15, 0.2) is 5.22 Å². The molecule has 0 amide bonds. The second-order valence-corrected chi connectivity index (χ2v) is 2.26. The van der Waals surface area contributed by atoms with E-state index in [0.717, 1.165) is 4.21 Å². The second kappa shape index (κ2) is 2.48. The van der Waals surface area contributed by atoms with E-state index < -0.39 is 0 Å². The predicted octanol–water partition coefficient (Wildman–Crippen LogP) is -2.56. The minimum absolute atomic E-state index is 0.171. The molecular formula is C2H4N6S2. The van der Waals surface area contributed by atoms with Gasteiger partial charge in [0.1, 0.15) is 5.10 Å². The Morgan fingerprint density at radius 1 is 1.80 bits per heavy atom. The third kappa shape index (κ3) is 1.08. The van der Waals surface area contributed by atoms with Gasteiger partial charge in [-0.15, -0.1) is 4.21 Å². The molecule has 1 aliphatic rings. The minimum Gasteiger partial charge on any atom is -0.466 e. The van der Waals surface area contributed by atoms with Crippen molar-refractivity contribution < 1.29 is 8.63 Å². The van der Waals surface area contributed by atoms with Gasteiger partial charge < -0.3 is 31.4 Å². The van der Waals surface area contributed by atoms with E-state index in [1.165, 1.54) is 0 Å². The molecule has 1 rings (SSSR count). The highest BCUT2D eigenvalue weighted by atomic mass is 32.1. The van der Waals surface area contributed by atoms with E-state index in [1.807, 2.05) is 0 Å². The number of quaternary nitrogens is 1. The van der Waals surface area contributed by atoms with Crippen LogP contribution in [0, 0.1) is 5.41 Å². The molecule has 1 atom stereocenters. The Kier molecular flexibility index (Phi) is 1.83. The van der Waals surface area contributed by atoms with Crippen LogP contribution in [-0.2, 0) is 25.6 Å². The number of rotatable bonds is 1. The molecule has 0 radical (unpaired) electrons. The van der Waals surface area contributed by atoms with Crippen molar-refractivity contribution in [2.24, 2.45) is 16.1 Å². The molecule has 0 aromatic carbocycles. The maximum absolute atomic E-state index is 6.94. The average Bonchev–Trinajstić information content (AvgIpc) is 2.14. The summed E-state index contributed by atoms with van der Waals surface area (Å²) >= 11 is 9.30. The molecule has 0 bridgehead atoms. The van der Waals surface area contributed by atoms with Gasteiger partial charge in [0.25, 0.3) is 0 Å². The Balaban J connectivity index is 2.81. The van der Waals surface area contributed by atoms with Crippen molar-refractivity contribution in [2.75, 3.05) is 0 Å². The topological polar surface area (TPSA) is 82.0 Å². The molecule has 0 aromatic heterocycles. The van der Waals surface area contributed by atoms with E-state index in [1.54, 1.807) is 0 Å². The first-order valence-electron chi connectivity index (χ1n) is 2.27. The van der Waals surface area contributed by atoms with Crippen LogP contribution in [-0.4, -0.2) is 15.9 Å². The van der Waals surface area contributed by atoms with Crippen LogP contribution in [0.4, 0.5) is 0 Å². The summed E-state index contributed by atoms with van der Waals surface area (Å²) in [5.74, 6) is -0.0360. The van der Waals surface area contributed by atoms with Gasteiger partial charge in [-0.05, 0) is 0 Å². The first-order chi connectivity index (χ1) is 4.63. The molecule has 4 N–H and O–H groups in total. The number of nitrogens with one attached hydrogen (secondary N) is 2. The molecule has 10 heavy (non-hydrogen) atoms. The molecule has 0 saturated heterocycles. The molecule has 8 heteroatoms. The number of nitrogens with zero attached hydrogens (tertiary/aromatic N) is 3. The smallest absolute Gasteiger partial charge is 0.422 e. The van der Waals surface area contributed by atoms with E-state index in [0.29, 0.717) is 0 Å². The zero-order valence-electron chi connectivity index (χ0n) is 4.74. The van der Waals surface area contributed by atoms with Gasteiger partial charge in [-0.25, -0.2) is 4.41 Å². The van der Waals surface area contributed by atoms with Gasteiger partial charge in [-0.2, -0.15) is 0 Å². The molecule has 1 heterocycles. The van der Waals surface area contributed by atoms with E-state index in [-0.39, 0.29) is 16.1 Å². The fourth-order valence-electron chi connectivity index (χ4n) is 0.428. The molecular weight excluding hydrogens is 172 g/mol. The van der Waals surface area contributed by atoms with Crippen molar-refractivity contribution in [3.8, 4) is 0 Å². The molecule has 6 nitrogen and oxygen atoms in total. The van der Waals surface area contributed by atoms with Crippen LogP contribution < -0.4 is 10.1 Å². The second-order valence-electron chi connectivity index (χ2n) is 1.53. The number of hydrogen-bond donors (Lipinski definition) is 3. The number of hydrogen-bond acceptors (Lipinski definition) is 5. The molecule has 0 fully saturated rings. The highest BCUT2D eigenvalue weighted by Crippen LogP contribution is 1.79. The van der Waals surface area contributed by atoms with Crippen molar-refractivity contribution in [3.63, 3.8) is 0 Å². The van der Waals surface area contributed by atoms with Gasteiger partial charge in [-0.1, -0.05) is 0 Å². The number of nitrogens with two attached hydrogens (primary N) is 1. The van der Waals surface area contributed by atoms with Crippen molar-refractivity contribution in [3.05, 3.63) is 0 Å². The standard InChI is InChI=1S/C2H4N6S2/c3-1(4)2-5-6-8(10)7(2)9/h7H,(H3,3,4). The molecule has 1 aliphatic heterocycles. The lowest BCUT2D eigenvalue weighted by Crippen LogP contribution is -3.13. The van der Waals surface area contributed by atoms with Gasteiger partial charge in [-0.3, -0.25) is 5.41 Å². The highest BCUT2D eigenvalue weighted by molar-refractivity contribution is 7.53. The summed E-state index contributed by atoms with van der Waals surface area (Å²) < 4.78 is 1.19. The molecule has 0 aromatic rings. The maximum atomic E-state index is 6.94. The summed E-state index contributed by atoms with van der Waals surface area (Å²) in [7, 11) is 0. The summed E-state index contributed by atoms with van der Waals surface area (Å²) in [5.41, 5.74) is 5.08. The van der Waals surface area contributed by atoms with Gasteiger partial charge in [0.2, 0.25) is 5.84 Å². The fourth-order valence-corrected chi connectivity index (χ4v) is 0.739. The van der Waals surface area contributed by atoms with Crippen LogP contribution in [0.3, 0.4) is 0 Å². The Hall–Kier alpha value is -0.730. The van der Waals surface area contributed by atoms with Crippen LogP contribution in [0.2, 0.25) is 0 Å². The first kappa shape index (κ1) is 7.38. The molecule has 0 aliphatic carbocycles. The Morgan fingerprint density at radius 3 is 2.60 bits per heavy atom. The van der Waals surface area contributed by atoms with Crippen molar-refractivity contribution in [1.82, 2.24) is 0 Å². The Bertz CT molecular complexity index is 230. The van der Waals surface area contributed by atoms with Crippen LogP contribution in [0.25, 0.3) is 0 Å². The summed E-state index contributed by atoms with van der Waals surface area (Å²) in [6.07, 6.45) is 0. The summed E-state index contributed by atoms with van der Waals surface area (Å²) in [6.45, 7) is 0. The van der Waals surface area contributed by atoms with E-state index in [4.69, 9.17) is 24.0 Å². The Morgan fingerprint density at radius 2 is 2.40 bits per heavy atom. The van der Waals surface area contributed by atoms with Gasteiger partial charge in [0, 0.05) is 0 Å². The van der Waals surface area contributed by atoms with Crippen LogP contribution in [0.1, 0.15) is 0 Å². The zero-order chi connectivity index (χ0) is 7.72. The van der Waals surface area contributed by atoms with E-state index >= 15 is 0 Å². The third-order valence-corrected chi connectivity index (χ3v) is 1.59. The van der Waals surface area contributed by atoms with Gasteiger partial charge in [0.05, 0.1) is 0 Å². The maximum Gasteiger partial charge on any atom is 0.422 e. The van der Waals surface area contributed by atoms with Gasteiger partial charge >= 0.3 is 5.84 Å². The molecule has 0 saturated carbocycles. The quantitative estimate of drug-likeness (QED) is 0.178. The van der Waals surface area contributed by atoms with Crippen molar-refractivity contribution in [2.45, 2.75) is 0 Å². The minimum atomic E-state index is -0.207. The lowest BCUT2D eigenvalue weighted by Gasteiger charge is -2.14. The summed E-state index contributed by atoms with van der Waals surface area (Å²) in [6, 6.07) is 0. The summed E-state index contributed by atoms with van der Waals surface area (Å²) in [4.78, 5) is 0. The largest absolute Gasteiger partial charge is 0.466 e. The first-order valence-corrected chi connectivity index (χ1v) is 3.05. The fraction of sp³-hybridized carbons (Fsp3) is 0. The van der Waals surface area contributed by atoms with Crippen LogP contribution in [0.15, 0.2) is 10.3 Å². The van der Waals surface area contributed by atoms with E-state index in [9.17, 15) is 0 Å². The molecule has 0 spiro atoms. The van der Waals surface area contributed by atoms with Crippen molar-refractivity contribution >= 4 is 37.3 Å². The third-order valence-electron chi connectivity index (χ3n) is 0.857. The van der Waals surface area contributed by atoms with Crippen LogP contribution in [0.5, 0.6) is 0 Å². The number of amidine groups is 2. The average molecular weight is 176 g/mol. The normalized spacial score (nSPS) is 23.9. The van der Waals surface area contributed by atoms with E-state index in [2.05, 4.69) is 23.1 Å². The highest BCUT2D eigenvalue weighted by Gasteiger charge is 2.25. The SMILES string of the molecule is N=C(N)C1=NN=[N+]([S-])[NH+]1[S-]. The lowest BCUT2D eigenvalue weighted by atomic mass is 10.6. The predicted molar refractivity (Wildman–Crippen MR) is 37.7 cm³/mol. The van der Waals surface area contributed by atoms with Crippen LogP contribution >= 0.6 is 0 Å². The zero-order valence-corrected chi connectivity index (χ0v) is 6.37. The summed E-state index contributed by atoms with van der Waals surface area (Å²) in [5, 5.41) is 13.8. The van der Waals surface area contributed by atoms with Crippen molar-refractivity contribution in [1.29, 1.82) is 5.41 Å². The monoisotopic (exact) mass is 176 g/mol. The molecule has 1 unspecified atom stereocenters. The lowest BCUT2D eigenvalue weighted by molar-refractivity contribution is -1.15.